The van der Waals surface area contributed by atoms with Crippen molar-refractivity contribution in [3.8, 4) is 0 Å². The van der Waals surface area contributed by atoms with Gasteiger partial charge in [-0.05, 0) is 13.0 Å². The van der Waals surface area contributed by atoms with Gasteiger partial charge in [-0.25, -0.2) is 0 Å². The number of nitrogens with zero attached hydrogens (tertiary/aromatic N) is 6. The SMILES string of the molecule is CCn1cnnc1[C@@H]1CN(Cc2cnccc2N(C)C)CCO1. The molecule has 124 valence electrons. The van der Waals surface area contributed by atoms with Crippen LogP contribution in [0, 0.1) is 0 Å². The molecule has 0 aliphatic carbocycles. The van der Waals surface area contributed by atoms with Crippen molar-refractivity contribution in [2.75, 3.05) is 38.7 Å². The van der Waals surface area contributed by atoms with E-state index in [1.165, 1.54) is 11.3 Å². The van der Waals surface area contributed by atoms with Crippen LogP contribution >= 0.6 is 0 Å². The number of aryl methyl sites for hydroxylation is 1. The first-order valence-electron chi connectivity index (χ1n) is 8.01. The second-order valence-electron chi connectivity index (χ2n) is 5.97. The Balaban J connectivity index is 1.72. The Bertz CT molecular complexity index is 641. The lowest BCUT2D eigenvalue weighted by molar-refractivity contribution is -0.0388. The summed E-state index contributed by atoms with van der Waals surface area (Å²) in [5.74, 6) is 0.913. The third-order valence-electron chi connectivity index (χ3n) is 4.18. The number of hydrogen-bond acceptors (Lipinski definition) is 6. The van der Waals surface area contributed by atoms with Crippen LogP contribution in [0.3, 0.4) is 0 Å². The lowest BCUT2D eigenvalue weighted by atomic mass is 10.1. The monoisotopic (exact) mass is 316 g/mol. The third-order valence-corrected chi connectivity index (χ3v) is 4.18. The summed E-state index contributed by atoms with van der Waals surface area (Å²) in [5.41, 5.74) is 2.44. The van der Waals surface area contributed by atoms with Gasteiger partial charge < -0.3 is 14.2 Å². The van der Waals surface area contributed by atoms with Crippen molar-refractivity contribution in [2.45, 2.75) is 26.1 Å². The maximum Gasteiger partial charge on any atom is 0.163 e. The smallest absolute Gasteiger partial charge is 0.163 e. The Morgan fingerprint density at radius 1 is 1.39 bits per heavy atom. The number of ether oxygens (including phenoxy) is 1. The van der Waals surface area contributed by atoms with E-state index in [1.54, 1.807) is 6.33 Å². The lowest BCUT2D eigenvalue weighted by Crippen LogP contribution is -2.39. The first kappa shape index (κ1) is 15.9. The Hall–Kier alpha value is -1.99. The highest BCUT2D eigenvalue weighted by Gasteiger charge is 2.26. The maximum atomic E-state index is 5.92. The summed E-state index contributed by atoms with van der Waals surface area (Å²) in [6, 6.07) is 2.06. The molecule has 7 nitrogen and oxygen atoms in total. The van der Waals surface area contributed by atoms with E-state index < -0.39 is 0 Å². The van der Waals surface area contributed by atoms with E-state index in [4.69, 9.17) is 4.74 Å². The third kappa shape index (κ3) is 3.51. The maximum absolute atomic E-state index is 5.92. The number of rotatable bonds is 5. The van der Waals surface area contributed by atoms with E-state index in [9.17, 15) is 0 Å². The summed E-state index contributed by atoms with van der Waals surface area (Å²) >= 11 is 0. The van der Waals surface area contributed by atoms with Gasteiger partial charge >= 0.3 is 0 Å². The average Bonchev–Trinajstić information content (AvgIpc) is 3.04. The van der Waals surface area contributed by atoms with E-state index in [2.05, 4.69) is 52.1 Å². The van der Waals surface area contributed by atoms with Crippen LogP contribution in [0.25, 0.3) is 0 Å². The first-order valence-corrected chi connectivity index (χ1v) is 8.01. The first-order chi connectivity index (χ1) is 11.2. The van der Waals surface area contributed by atoms with Gasteiger partial charge in [0, 0.05) is 63.9 Å². The molecular weight excluding hydrogens is 292 g/mol. The van der Waals surface area contributed by atoms with E-state index in [-0.39, 0.29) is 6.10 Å². The number of aromatic nitrogens is 4. The van der Waals surface area contributed by atoms with Gasteiger partial charge in [0.1, 0.15) is 12.4 Å². The minimum absolute atomic E-state index is 0.0225. The zero-order chi connectivity index (χ0) is 16.2. The molecule has 0 unspecified atom stereocenters. The minimum atomic E-state index is -0.0225. The molecule has 0 saturated carbocycles. The fourth-order valence-corrected chi connectivity index (χ4v) is 2.98. The van der Waals surface area contributed by atoms with Crippen LogP contribution in [-0.2, 0) is 17.8 Å². The van der Waals surface area contributed by atoms with Gasteiger partial charge in [-0.1, -0.05) is 0 Å². The van der Waals surface area contributed by atoms with E-state index in [0.29, 0.717) is 6.61 Å². The van der Waals surface area contributed by atoms with Crippen molar-refractivity contribution < 1.29 is 4.74 Å². The molecule has 0 aromatic carbocycles. The van der Waals surface area contributed by atoms with Crippen LogP contribution in [-0.4, -0.2) is 58.4 Å². The molecule has 3 rings (SSSR count). The average molecular weight is 316 g/mol. The molecule has 1 aliphatic heterocycles. The molecule has 7 heteroatoms. The normalized spacial score (nSPS) is 19.0. The largest absolute Gasteiger partial charge is 0.377 e. The fourth-order valence-electron chi connectivity index (χ4n) is 2.98. The van der Waals surface area contributed by atoms with Crippen molar-refractivity contribution in [1.82, 2.24) is 24.6 Å². The molecule has 1 fully saturated rings. The summed E-state index contributed by atoms with van der Waals surface area (Å²) in [6.07, 6.45) is 5.53. The molecule has 0 bridgehead atoms. The summed E-state index contributed by atoms with van der Waals surface area (Å²) in [4.78, 5) is 8.80. The number of pyridine rings is 1. The van der Waals surface area contributed by atoms with Gasteiger partial charge in [0.25, 0.3) is 0 Å². The van der Waals surface area contributed by atoms with Crippen molar-refractivity contribution in [1.29, 1.82) is 0 Å². The second-order valence-corrected chi connectivity index (χ2v) is 5.97. The number of anilines is 1. The van der Waals surface area contributed by atoms with Crippen LogP contribution in [0.4, 0.5) is 5.69 Å². The molecule has 23 heavy (non-hydrogen) atoms. The van der Waals surface area contributed by atoms with Crippen LogP contribution in [0.1, 0.15) is 24.4 Å². The van der Waals surface area contributed by atoms with Gasteiger partial charge in [-0.15, -0.1) is 10.2 Å². The second kappa shape index (κ2) is 7.06. The quantitative estimate of drug-likeness (QED) is 0.829. The molecule has 1 atom stereocenters. The molecule has 2 aromatic rings. The zero-order valence-corrected chi connectivity index (χ0v) is 14.0. The molecule has 0 spiro atoms. The standard InChI is InChI=1S/C16H24N6O/c1-4-22-12-18-19-16(22)15-11-21(7-8-23-15)10-13-9-17-6-5-14(13)20(2)3/h5-6,9,12,15H,4,7-8,10-11H2,1-3H3/t15-/m0/s1. The van der Waals surface area contributed by atoms with Crippen LogP contribution in [0.2, 0.25) is 0 Å². The van der Waals surface area contributed by atoms with Crippen molar-refractivity contribution in [3.63, 3.8) is 0 Å². The van der Waals surface area contributed by atoms with Crippen molar-refractivity contribution in [2.24, 2.45) is 0 Å². The van der Waals surface area contributed by atoms with Gasteiger partial charge in [-0.2, -0.15) is 0 Å². The lowest BCUT2D eigenvalue weighted by Gasteiger charge is -2.33. The Morgan fingerprint density at radius 2 is 2.26 bits per heavy atom. The molecule has 0 N–H and O–H groups in total. The predicted molar refractivity (Wildman–Crippen MR) is 88.2 cm³/mol. The van der Waals surface area contributed by atoms with Gasteiger partial charge in [0.15, 0.2) is 5.82 Å². The highest BCUT2D eigenvalue weighted by molar-refractivity contribution is 5.50. The zero-order valence-electron chi connectivity index (χ0n) is 14.0. The van der Waals surface area contributed by atoms with Gasteiger partial charge in [0.2, 0.25) is 0 Å². The van der Waals surface area contributed by atoms with E-state index in [1.807, 2.05) is 17.0 Å². The van der Waals surface area contributed by atoms with Crippen LogP contribution in [0.15, 0.2) is 24.8 Å². The molecule has 3 heterocycles. The van der Waals surface area contributed by atoms with Crippen molar-refractivity contribution >= 4 is 5.69 Å². The summed E-state index contributed by atoms with van der Waals surface area (Å²) in [5, 5.41) is 8.25. The summed E-state index contributed by atoms with van der Waals surface area (Å²) in [6.45, 7) is 6.25. The minimum Gasteiger partial charge on any atom is -0.377 e. The van der Waals surface area contributed by atoms with E-state index >= 15 is 0 Å². The molecule has 0 radical (unpaired) electrons. The van der Waals surface area contributed by atoms with Crippen molar-refractivity contribution in [3.05, 3.63) is 36.2 Å². The number of hydrogen-bond donors (Lipinski definition) is 0. The van der Waals surface area contributed by atoms with E-state index in [0.717, 1.165) is 32.0 Å². The Kier molecular flexibility index (Phi) is 4.88. The van der Waals surface area contributed by atoms with Crippen LogP contribution in [0.5, 0.6) is 0 Å². The number of morpholine rings is 1. The van der Waals surface area contributed by atoms with Gasteiger partial charge in [0.05, 0.1) is 6.61 Å². The molecule has 1 aliphatic rings. The molecular formula is C16H24N6O. The van der Waals surface area contributed by atoms with Crippen LogP contribution < -0.4 is 4.90 Å². The summed E-state index contributed by atoms with van der Waals surface area (Å²) < 4.78 is 7.96. The summed E-state index contributed by atoms with van der Waals surface area (Å²) in [7, 11) is 4.12. The highest BCUT2D eigenvalue weighted by Crippen LogP contribution is 2.24. The predicted octanol–water partition coefficient (Wildman–Crippen LogP) is 1.33. The molecule has 1 saturated heterocycles. The Morgan fingerprint density at radius 3 is 3.04 bits per heavy atom. The van der Waals surface area contributed by atoms with Gasteiger partial charge in [-0.3, -0.25) is 9.88 Å². The molecule has 0 amide bonds. The topological polar surface area (TPSA) is 59.3 Å². The molecule has 2 aromatic heterocycles. The highest BCUT2D eigenvalue weighted by atomic mass is 16.5. The Labute approximate surface area is 136 Å². The fraction of sp³-hybridized carbons (Fsp3) is 0.562.